The van der Waals surface area contributed by atoms with Gasteiger partial charge in [0.1, 0.15) is 0 Å². The fraction of sp³-hybridized carbons (Fsp3) is 0. The Balaban J connectivity index is 0. The Morgan fingerprint density at radius 2 is 1.27 bits per heavy atom. The van der Waals surface area contributed by atoms with Crippen molar-refractivity contribution in [3.05, 3.63) is 60.7 Å². The molecule has 0 saturated heterocycles. The summed E-state index contributed by atoms with van der Waals surface area (Å²) in [5.41, 5.74) is 4.03. The summed E-state index contributed by atoms with van der Waals surface area (Å²) >= 11 is 0. The van der Waals surface area contributed by atoms with Crippen molar-refractivity contribution in [2.75, 3.05) is 0 Å². The third-order valence-electron chi connectivity index (χ3n) is 1.11. The summed E-state index contributed by atoms with van der Waals surface area (Å²) in [5.74, 6) is 0. The molecule has 2 rings (SSSR count). The zero-order chi connectivity index (χ0) is 10.6. The standard InChI is InChI=1S/2C5H5.CH3NO2.Fe/c2*1-2-4-5-3-1;2-1(3)4;/h2*1-5H;2H2,(H,3,4);/q-5;-1;;. The van der Waals surface area contributed by atoms with E-state index in [0.717, 1.165) is 0 Å². The van der Waals surface area contributed by atoms with Crippen LogP contribution in [-0.4, -0.2) is 11.2 Å². The van der Waals surface area contributed by atoms with Crippen LogP contribution in [0, 0.1) is 0 Å². The molecule has 0 saturated carbocycles. The fourth-order valence-electron chi connectivity index (χ4n) is 0.642. The van der Waals surface area contributed by atoms with Gasteiger partial charge in [0.25, 0.3) is 0 Å². The molecule has 0 fully saturated rings. The van der Waals surface area contributed by atoms with Crippen LogP contribution in [0.4, 0.5) is 4.79 Å². The molecule has 2 aromatic carbocycles. The molecule has 0 unspecified atom stereocenters. The summed E-state index contributed by atoms with van der Waals surface area (Å²) < 4.78 is 0. The molecule has 0 bridgehead atoms. The number of carboxylic acid groups (broad SMARTS) is 1. The number of hydrogen-bond donors (Lipinski definition) is 2. The summed E-state index contributed by atoms with van der Waals surface area (Å²) in [6, 6.07) is 20.0. The molecule has 0 radical (unpaired) electrons. The van der Waals surface area contributed by atoms with Crippen LogP contribution < -0.4 is 5.73 Å². The molecule has 4 heteroatoms. The molecule has 0 spiro atoms. The van der Waals surface area contributed by atoms with Crippen molar-refractivity contribution in [1.29, 1.82) is 0 Å². The predicted molar refractivity (Wildman–Crippen MR) is 56.3 cm³/mol. The average molecular weight is 247 g/mol. The molecule has 1 amide bonds. The first-order chi connectivity index (χ1) is 6.73. The maximum Gasteiger partial charge on any atom is 0.402 e. The Hall–Kier alpha value is -1.51. The van der Waals surface area contributed by atoms with Crippen LogP contribution in [0.1, 0.15) is 0 Å². The van der Waals surface area contributed by atoms with E-state index in [1.807, 2.05) is 60.7 Å². The SMILES string of the molecule is NC(=O)O.[Fe].[cH-]1[cH-][cH-][cH-][cH-]1.c1cc[cH-]c1. The van der Waals surface area contributed by atoms with E-state index in [1.165, 1.54) is 0 Å². The van der Waals surface area contributed by atoms with Gasteiger partial charge in [0.05, 0.1) is 0 Å². The summed E-state index contributed by atoms with van der Waals surface area (Å²) in [5, 5.41) is 7.19. The topological polar surface area (TPSA) is 63.3 Å². The molecule has 2 aromatic rings. The molecule has 88 valence electrons. The molecule has 0 aromatic heterocycles. The first-order valence-electron chi connectivity index (χ1n) is 4.05. The van der Waals surface area contributed by atoms with Gasteiger partial charge in [-0.05, 0) is 0 Å². The fourth-order valence-corrected chi connectivity index (χ4v) is 0.642. The van der Waals surface area contributed by atoms with Crippen LogP contribution in [0.2, 0.25) is 0 Å². The second-order valence-corrected chi connectivity index (χ2v) is 2.26. The van der Waals surface area contributed by atoms with Crippen molar-refractivity contribution in [3.8, 4) is 0 Å². The Kier molecular flexibility index (Phi) is 13.3. The Morgan fingerprint density at radius 1 is 1.00 bits per heavy atom. The molecule has 15 heavy (non-hydrogen) atoms. The van der Waals surface area contributed by atoms with Gasteiger partial charge in [0, 0.05) is 17.1 Å². The van der Waals surface area contributed by atoms with E-state index < -0.39 is 6.09 Å². The minimum absolute atomic E-state index is 0. The van der Waals surface area contributed by atoms with Crippen LogP contribution in [-0.2, 0) is 17.1 Å². The van der Waals surface area contributed by atoms with Crippen LogP contribution in [0.5, 0.6) is 0 Å². The molecule has 0 heterocycles. The van der Waals surface area contributed by atoms with Crippen LogP contribution >= 0.6 is 0 Å². The normalized spacial score (nSPS) is 6.93. The molecule has 3 nitrogen and oxygen atoms in total. The van der Waals surface area contributed by atoms with Gasteiger partial charge < -0.3 is 41.2 Å². The number of hydrogen-bond acceptors (Lipinski definition) is 1. The summed E-state index contributed by atoms with van der Waals surface area (Å²) in [6.07, 6.45) is -1.33. The predicted octanol–water partition coefficient (Wildman–Crippen LogP) is 2.43. The van der Waals surface area contributed by atoms with E-state index in [0.29, 0.717) is 0 Å². The van der Waals surface area contributed by atoms with Crippen molar-refractivity contribution in [2.24, 2.45) is 5.73 Å². The van der Waals surface area contributed by atoms with E-state index in [9.17, 15) is 0 Å². The number of nitrogens with two attached hydrogens (primary N) is 1. The van der Waals surface area contributed by atoms with E-state index >= 15 is 0 Å². The van der Waals surface area contributed by atoms with Crippen LogP contribution in [0.15, 0.2) is 60.7 Å². The number of amides is 1. The zero-order valence-electron chi connectivity index (χ0n) is 8.06. The van der Waals surface area contributed by atoms with Crippen molar-refractivity contribution in [2.45, 2.75) is 0 Å². The summed E-state index contributed by atoms with van der Waals surface area (Å²) in [6.45, 7) is 0. The van der Waals surface area contributed by atoms with E-state index in [-0.39, 0.29) is 17.1 Å². The monoisotopic (exact) mass is 247 g/mol. The molecule has 3 N–H and O–H groups in total. The molecule has 0 aliphatic carbocycles. The van der Waals surface area contributed by atoms with Gasteiger partial charge in [0.2, 0.25) is 0 Å². The van der Waals surface area contributed by atoms with Gasteiger partial charge in [0.15, 0.2) is 0 Å². The van der Waals surface area contributed by atoms with Crippen LogP contribution in [0.25, 0.3) is 0 Å². The van der Waals surface area contributed by atoms with E-state index in [4.69, 9.17) is 9.90 Å². The van der Waals surface area contributed by atoms with Crippen molar-refractivity contribution in [3.63, 3.8) is 0 Å². The average Bonchev–Trinajstić information content (AvgIpc) is 2.83. The quantitative estimate of drug-likeness (QED) is 0.554. The third-order valence-corrected chi connectivity index (χ3v) is 1.11. The molecule has 0 aliphatic heterocycles. The van der Waals surface area contributed by atoms with E-state index in [2.05, 4.69) is 5.73 Å². The maximum absolute atomic E-state index is 8.78. The molecular formula is C11H13FeNO2-6. The Morgan fingerprint density at radius 3 is 1.40 bits per heavy atom. The summed E-state index contributed by atoms with van der Waals surface area (Å²) in [4.78, 5) is 8.78. The summed E-state index contributed by atoms with van der Waals surface area (Å²) in [7, 11) is 0. The molecule has 0 atom stereocenters. The van der Waals surface area contributed by atoms with Crippen LogP contribution in [0.3, 0.4) is 0 Å². The van der Waals surface area contributed by atoms with Gasteiger partial charge in [-0.25, -0.2) is 16.9 Å². The van der Waals surface area contributed by atoms with Gasteiger partial charge in [-0.1, -0.05) is 0 Å². The zero-order valence-corrected chi connectivity index (χ0v) is 9.16. The first kappa shape index (κ1) is 15.9. The number of primary amides is 1. The third kappa shape index (κ3) is 19.1. The van der Waals surface area contributed by atoms with Gasteiger partial charge >= 0.3 is 6.09 Å². The molecule has 0 aliphatic rings. The molecular weight excluding hydrogens is 234 g/mol. The van der Waals surface area contributed by atoms with E-state index in [1.54, 1.807) is 0 Å². The number of rotatable bonds is 0. The van der Waals surface area contributed by atoms with Crippen molar-refractivity contribution >= 4 is 6.09 Å². The van der Waals surface area contributed by atoms with Crippen molar-refractivity contribution < 1.29 is 27.0 Å². The maximum atomic E-state index is 8.78. The second-order valence-electron chi connectivity index (χ2n) is 2.26. The van der Waals surface area contributed by atoms with Gasteiger partial charge in [-0.15, -0.1) is 0 Å². The Labute approximate surface area is 99.7 Å². The second kappa shape index (κ2) is 12.5. The van der Waals surface area contributed by atoms with Gasteiger partial charge in [-0.3, -0.25) is 0 Å². The minimum Gasteiger partial charge on any atom is -0.748 e. The minimum atomic E-state index is -1.33. The Bertz CT molecular complexity index is 226. The smallest absolute Gasteiger partial charge is 0.402 e. The van der Waals surface area contributed by atoms with Crippen molar-refractivity contribution in [1.82, 2.24) is 0 Å². The van der Waals surface area contributed by atoms with Gasteiger partial charge in [-0.2, -0.15) is 18.2 Å². The largest absolute Gasteiger partial charge is 0.748 e. The number of carbonyl (C=O) groups is 1. The first-order valence-corrected chi connectivity index (χ1v) is 4.05.